The van der Waals surface area contributed by atoms with E-state index in [2.05, 4.69) is 10.5 Å². The molecule has 9 nitrogen and oxygen atoms in total. The molecule has 1 rings (SSSR count). The molecule has 0 radical (unpaired) electrons. The van der Waals surface area contributed by atoms with Gasteiger partial charge in [-0.25, -0.2) is 5.43 Å². The number of hydrogen-bond donors (Lipinski definition) is 1. The molecule has 0 aliphatic carbocycles. The average Bonchev–Trinajstić information content (AvgIpc) is 2.28. The zero-order chi connectivity index (χ0) is 13.7. The molecule has 0 saturated carbocycles. The predicted octanol–water partition coefficient (Wildman–Crippen LogP) is 0.973. The number of nitro benzene ring substituents is 2. The van der Waals surface area contributed by atoms with Crippen molar-refractivity contribution in [1.29, 1.82) is 0 Å². The second kappa shape index (κ2) is 5.48. The first-order chi connectivity index (χ1) is 8.41. The van der Waals surface area contributed by atoms with Crippen molar-refractivity contribution in [3.05, 3.63) is 44.0 Å². The monoisotopic (exact) mass is 252 g/mol. The van der Waals surface area contributed by atoms with Gasteiger partial charge in [-0.2, -0.15) is 5.10 Å². The van der Waals surface area contributed by atoms with Gasteiger partial charge in [-0.1, -0.05) is 0 Å². The standard InChI is InChI=1S/C9H8N4O5/c1-6(14)11-10-5-7-2-3-8(12(15)16)4-9(7)13(17)18/h2-5H,1H3,(H,11,14)/b10-5+. The molecule has 18 heavy (non-hydrogen) atoms. The van der Waals surface area contributed by atoms with E-state index in [1.165, 1.54) is 13.0 Å². The summed E-state index contributed by atoms with van der Waals surface area (Å²) in [5.41, 5.74) is 1.28. The minimum absolute atomic E-state index is 0.0550. The lowest BCUT2D eigenvalue weighted by atomic mass is 10.2. The Kier molecular flexibility index (Phi) is 4.02. The van der Waals surface area contributed by atoms with Crippen molar-refractivity contribution in [2.24, 2.45) is 5.10 Å². The van der Waals surface area contributed by atoms with Crippen LogP contribution >= 0.6 is 0 Å². The van der Waals surface area contributed by atoms with Crippen molar-refractivity contribution in [2.75, 3.05) is 0 Å². The molecule has 0 heterocycles. The Morgan fingerprint density at radius 1 is 1.33 bits per heavy atom. The van der Waals surface area contributed by atoms with E-state index in [-0.39, 0.29) is 5.56 Å². The van der Waals surface area contributed by atoms with Crippen LogP contribution in [0.25, 0.3) is 0 Å². The third-order valence-corrected chi connectivity index (χ3v) is 1.85. The molecule has 0 bridgehead atoms. The van der Waals surface area contributed by atoms with Crippen LogP contribution < -0.4 is 5.43 Å². The molecule has 0 saturated heterocycles. The van der Waals surface area contributed by atoms with Gasteiger partial charge in [0, 0.05) is 13.0 Å². The number of nitrogens with one attached hydrogen (secondary N) is 1. The lowest BCUT2D eigenvalue weighted by Gasteiger charge is -1.97. The smallest absolute Gasteiger partial charge is 0.274 e. The van der Waals surface area contributed by atoms with Gasteiger partial charge in [0.05, 0.1) is 27.7 Å². The number of nitro groups is 2. The Hall–Kier alpha value is -2.84. The highest BCUT2D eigenvalue weighted by Gasteiger charge is 2.18. The van der Waals surface area contributed by atoms with Crippen LogP contribution in [-0.2, 0) is 4.79 Å². The fraction of sp³-hybridized carbons (Fsp3) is 0.111. The molecular formula is C9H8N4O5. The van der Waals surface area contributed by atoms with Gasteiger partial charge in [-0.3, -0.25) is 25.0 Å². The highest BCUT2D eigenvalue weighted by molar-refractivity contribution is 5.87. The number of non-ortho nitro benzene ring substituents is 1. The summed E-state index contributed by atoms with van der Waals surface area (Å²) in [5.74, 6) is -0.434. The maximum absolute atomic E-state index is 10.7. The van der Waals surface area contributed by atoms with Crippen LogP contribution in [0.5, 0.6) is 0 Å². The van der Waals surface area contributed by atoms with Crippen LogP contribution in [0.3, 0.4) is 0 Å². The van der Waals surface area contributed by atoms with Crippen LogP contribution in [0.1, 0.15) is 12.5 Å². The fourth-order valence-corrected chi connectivity index (χ4v) is 1.11. The quantitative estimate of drug-likeness (QED) is 0.485. The van der Waals surface area contributed by atoms with E-state index in [4.69, 9.17) is 0 Å². The Bertz CT molecular complexity index is 540. The number of carbonyl (C=O) groups is 1. The lowest BCUT2D eigenvalue weighted by Crippen LogP contribution is -2.12. The minimum Gasteiger partial charge on any atom is -0.274 e. The van der Waals surface area contributed by atoms with Crippen LogP contribution in [0, 0.1) is 20.2 Å². The van der Waals surface area contributed by atoms with Gasteiger partial charge in [0.1, 0.15) is 0 Å². The predicted molar refractivity (Wildman–Crippen MR) is 61.2 cm³/mol. The zero-order valence-electron chi connectivity index (χ0n) is 9.19. The number of rotatable bonds is 4. The molecule has 1 aromatic rings. The molecule has 0 unspecified atom stereocenters. The molecule has 0 aliphatic rings. The van der Waals surface area contributed by atoms with Crippen molar-refractivity contribution in [1.82, 2.24) is 5.43 Å². The Labute approximate surface area is 100 Å². The number of carbonyl (C=O) groups excluding carboxylic acids is 1. The normalized spacial score (nSPS) is 10.3. The van der Waals surface area contributed by atoms with Crippen LogP contribution in [0.4, 0.5) is 11.4 Å². The fourth-order valence-electron chi connectivity index (χ4n) is 1.11. The second-order valence-corrected chi connectivity index (χ2v) is 3.18. The molecule has 1 aromatic carbocycles. The highest BCUT2D eigenvalue weighted by Crippen LogP contribution is 2.23. The molecule has 0 aromatic heterocycles. The summed E-state index contributed by atoms with van der Waals surface area (Å²) in [6.07, 6.45) is 1.04. The molecule has 0 aliphatic heterocycles. The Balaban J connectivity index is 3.12. The molecule has 0 atom stereocenters. The topological polar surface area (TPSA) is 128 Å². The second-order valence-electron chi connectivity index (χ2n) is 3.18. The van der Waals surface area contributed by atoms with E-state index < -0.39 is 27.1 Å². The summed E-state index contributed by atoms with van der Waals surface area (Å²) in [7, 11) is 0. The van der Waals surface area contributed by atoms with Crippen molar-refractivity contribution >= 4 is 23.5 Å². The first kappa shape index (κ1) is 13.2. The molecule has 0 spiro atoms. The first-order valence-corrected chi connectivity index (χ1v) is 4.64. The highest BCUT2D eigenvalue weighted by atomic mass is 16.6. The number of nitrogens with zero attached hydrogens (tertiary/aromatic N) is 3. The van der Waals surface area contributed by atoms with Crippen molar-refractivity contribution in [3.8, 4) is 0 Å². The average molecular weight is 252 g/mol. The van der Waals surface area contributed by atoms with E-state index in [0.29, 0.717) is 0 Å². The van der Waals surface area contributed by atoms with E-state index in [9.17, 15) is 25.0 Å². The minimum atomic E-state index is -0.762. The summed E-state index contributed by atoms with van der Waals surface area (Å²) >= 11 is 0. The van der Waals surface area contributed by atoms with Gasteiger partial charge in [0.25, 0.3) is 11.4 Å². The maximum Gasteiger partial charge on any atom is 0.285 e. The first-order valence-electron chi connectivity index (χ1n) is 4.64. The van der Waals surface area contributed by atoms with Gasteiger partial charge in [0.15, 0.2) is 0 Å². The van der Waals surface area contributed by atoms with E-state index in [1.807, 2.05) is 0 Å². The molecular weight excluding hydrogens is 244 g/mol. The van der Waals surface area contributed by atoms with Crippen molar-refractivity contribution in [3.63, 3.8) is 0 Å². The Morgan fingerprint density at radius 2 is 2.00 bits per heavy atom. The maximum atomic E-state index is 10.7. The summed E-state index contributed by atoms with van der Waals surface area (Å²) in [6.45, 7) is 1.22. The number of amides is 1. The van der Waals surface area contributed by atoms with Crippen molar-refractivity contribution in [2.45, 2.75) is 6.92 Å². The van der Waals surface area contributed by atoms with Gasteiger partial charge in [-0.05, 0) is 6.07 Å². The largest absolute Gasteiger partial charge is 0.285 e. The lowest BCUT2D eigenvalue weighted by molar-refractivity contribution is -0.394. The van der Waals surface area contributed by atoms with Gasteiger partial charge >= 0.3 is 0 Å². The van der Waals surface area contributed by atoms with Gasteiger partial charge in [0.2, 0.25) is 5.91 Å². The molecule has 9 heteroatoms. The van der Waals surface area contributed by atoms with Gasteiger partial charge < -0.3 is 0 Å². The van der Waals surface area contributed by atoms with E-state index >= 15 is 0 Å². The molecule has 0 fully saturated rings. The van der Waals surface area contributed by atoms with E-state index in [1.54, 1.807) is 0 Å². The number of benzene rings is 1. The summed E-state index contributed by atoms with van der Waals surface area (Å²) < 4.78 is 0. The van der Waals surface area contributed by atoms with Gasteiger partial charge in [-0.15, -0.1) is 0 Å². The van der Waals surface area contributed by atoms with Crippen LogP contribution in [0.2, 0.25) is 0 Å². The Morgan fingerprint density at radius 3 is 2.50 bits per heavy atom. The molecule has 1 N–H and O–H groups in total. The summed E-state index contributed by atoms with van der Waals surface area (Å²) in [4.78, 5) is 30.3. The van der Waals surface area contributed by atoms with E-state index in [0.717, 1.165) is 18.3 Å². The number of hydrogen-bond acceptors (Lipinski definition) is 6. The third kappa shape index (κ3) is 3.33. The number of hydrazone groups is 1. The molecule has 94 valence electrons. The zero-order valence-corrected chi connectivity index (χ0v) is 9.19. The van der Waals surface area contributed by atoms with Crippen LogP contribution in [-0.4, -0.2) is 22.0 Å². The SMILES string of the molecule is CC(=O)N/N=C/c1ccc([N+](=O)[O-])cc1[N+](=O)[O-]. The summed E-state index contributed by atoms with van der Waals surface area (Å²) in [6, 6.07) is 3.12. The molecule has 1 amide bonds. The third-order valence-electron chi connectivity index (χ3n) is 1.85. The summed E-state index contributed by atoms with van der Waals surface area (Å²) in [5, 5.41) is 24.7. The van der Waals surface area contributed by atoms with Crippen LogP contribution in [0.15, 0.2) is 23.3 Å². The van der Waals surface area contributed by atoms with Crippen molar-refractivity contribution < 1.29 is 14.6 Å².